The Hall–Kier alpha value is -6.53. The Bertz CT molecular complexity index is 2820. The van der Waals surface area contributed by atoms with Crippen LogP contribution in [-0.2, 0) is 17.8 Å². The summed E-state index contributed by atoms with van der Waals surface area (Å²) in [6.07, 6.45) is 2.35. The van der Waals surface area contributed by atoms with E-state index >= 15 is 0 Å². The van der Waals surface area contributed by atoms with Gasteiger partial charge in [0.2, 0.25) is 12.0 Å². The Balaban J connectivity index is 1.13. The van der Waals surface area contributed by atoms with Crippen LogP contribution < -0.4 is 23.8 Å². The maximum Gasteiger partial charge on any atom is 0.345 e. The van der Waals surface area contributed by atoms with Gasteiger partial charge in [0.1, 0.15) is 53.1 Å². The summed E-state index contributed by atoms with van der Waals surface area (Å²) in [4.78, 5) is 33.4. The first kappa shape index (κ1) is 42.8. The zero-order chi connectivity index (χ0) is 44.3. The van der Waals surface area contributed by atoms with E-state index in [1.165, 1.54) is 23.4 Å². The number of hydrogen-bond acceptors (Lipinski definition) is 13. The fraction of sp³-hybridized carbons (Fsp3) is 0.217. The number of rotatable bonds is 9. The predicted molar refractivity (Wildman–Crippen MR) is 233 cm³/mol. The van der Waals surface area contributed by atoms with Gasteiger partial charge in [-0.3, -0.25) is 4.90 Å². The summed E-state index contributed by atoms with van der Waals surface area (Å²) in [5, 5.41) is 32.0. The second-order valence-corrected chi connectivity index (χ2v) is 15.9. The Morgan fingerprint density at radius 1 is 0.875 bits per heavy atom. The van der Waals surface area contributed by atoms with Gasteiger partial charge in [-0.25, -0.2) is 29.4 Å². The highest BCUT2D eigenvalue weighted by Crippen LogP contribution is 2.47. The van der Waals surface area contributed by atoms with Crippen LogP contribution >= 0.6 is 23.2 Å². The smallest absolute Gasteiger partial charge is 0.345 e. The van der Waals surface area contributed by atoms with E-state index < -0.39 is 24.0 Å². The Kier molecular flexibility index (Phi) is 12.5. The Labute approximate surface area is 375 Å². The van der Waals surface area contributed by atoms with Crippen molar-refractivity contribution in [2.24, 2.45) is 0 Å². The molecule has 0 radical (unpaired) electrons. The van der Waals surface area contributed by atoms with Crippen LogP contribution in [0.3, 0.4) is 0 Å². The van der Waals surface area contributed by atoms with Crippen LogP contribution in [0.4, 0.5) is 4.39 Å². The van der Waals surface area contributed by atoms with E-state index in [-0.39, 0.29) is 41.4 Å². The van der Waals surface area contributed by atoms with Gasteiger partial charge in [-0.2, -0.15) is 5.06 Å². The molecule has 4 bridgehead atoms. The topological polar surface area (TPSA) is 173 Å². The highest BCUT2D eigenvalue weighted by molar-refractivity contribution is 6.35. The van der Waals surface area contributed by atoms with Crippen LogP contribution in [0.5, 0.6) is 28.9 Å². The fourth-order valence-electron chi connectivity index (χ4n) is 7.79. The summed E-state index contributed by atoms with van der Waals surface area (Å²) in [5.74, 6) is -0.189. The van der Waals surface area contributed by atoms with E-state index in [9.17, 15) is 24.8 Å². The molecule has 10 rings (SSSR count). The molecule has 2 atom stereocenters. The van der Waals surface area contributed by atoms with E-state index in [0.29, 0.717) is 100 Å². The molecular weight excluding hydrogens is 870 g/mol. The molecule has 3 N–H and O–H groups in total. The van der Waals surface area contributed by atoms with Gasteiger partial charge in [0, 0.05) is 74.4 Å². The molecule has 3 aromatic heterocycles. The molecule has 0 saturated carbocycles. The zero-order valence-corrected chi connectivity index (χ0v) is 35.3. The minimum Gasteiger partial charge on any atom is -0.490 e. The van der Waals surface area contributed by atoms with Gasteiger partial charge < -0.3 is 38.5 Å². The third-order valence-corrected chi connectivity index (χ3v) is 11.6. The Morgan fingerprint density at radius 3 is 2.45 bits per heavy atom. The maximum absolute atomic E-state index is 14.3. The lowest BCUT2D eigenvalue weighted by molar-refractivity contribution is -0.145. The van der Waals surface area contributed by atoms with Gasteiger partial charge >= 0.3 is 5.97 Å². The van der Waals surface area contributed by atoms with Crippen molar-refractivity contribution >= 4 is 34.7 Å². The number of carbonyl (C=O) groups is 1. The van der Waals surface area contributed by atoms with Gasteiger partial charge in [-0.1, -0.05) is 53.5 Å². The first-order valence-corrected chi connectivity index (χ1v) is 21.0. The second kappa shape index (κ2) is 18.7. The minimum absolute atomic E-state index is 0.0421. The summed E-state index contributed by atoms with van der Waals surface area (Å²) in [5.41, 5.74) is 3.88. The molecule has 328 valence electrons. The van der Waals surface area contributed by atoms with E-state index in [0.717, 1.165) is 0 Å². The van der Waals surface area contributed by atoms with Crippen molar-refractivity contribution in [3.63, 3.8) is 0 Å². The van der Waals surface area contributed by atoms with Crippen molar-refractivity contribution in [3.8, 4) is 62.5 Å². The monoisotopic (exact) mass is 908 g/mol. The molecular formula is C46H39Cl2FN6O9. The molecule has 64 heavy (non-hydrogen) atoms. The lowest BCUT2D eigenvalue weighted by Gasteiger charge is -2.33. The van der Waals surface area contributed by atoms with E-state index in [2.05, 4.69) is 24.7 Å². The molecule has 6 heterocycles. The third kappa shape index (κ3) is 9.10. The first-order chi connectivity index (χ1) is 31.1. The minimum atomic E-state index is -1.52. The maximum atomic E-state index is 14.3. The predicted octanol–water partition coefficient (Wildman–Crippen LogP) is 8.22. The Morgan fingerprint density at radius 2 is 1.67 bits per heavy atom. The molecule has 3 aliphatic heterocycles. The van der Waals surface area contributed by atoms with Crippen molar-refractivity contribution < 1.29 is 48.6 Å². The van der Waals surface area contributed by atoms with Gasteiger partial charge in [0.05, 0.1) is 16.3 Å². The molecule has 0 amide bonds. The van der Waals surface area contributed by atoms with Crippen LogP contribution in [0.25, 0.3) is 39.2 Å². The molecule has 0 unspecified atom stereocenters. The zero-order valence-electron chi connectivity index (χ0n) is 33.8. The summed E-state index contributed by atoms with van der Waals surface area (Å²) in [7, 11) is 0. The average Bonchev–Trinajstić information content (AvgIpc) is 3.61. The summed E-state index contributed by atoms with van der Waals surface area (Å²) < 4.78 is 41.6. The number of ether oxygens (including phenoxy) is 4. The largest absolute Gasteiger partial charge is 0.490 e. The summed E-state index contributed by atoms with van der Waals surface area (Å²) in [6.45, 7) is 2.57. The van der Waals surface area contributed by atoms with Crippen molar-refractivity contribution in [2.75, 3.05) is 39.3 Å². The first-order valence-electron chi connectivity index (χ1n) is 20.2. The van der Waals surface area contributed by atoms with Crippen molar-refractivity contribution in [1.82, 2.24) is 29.3 Å². The van der Waals surface area contributed by atoms with Crippen molar-refractivity contribution in [1.29, 1.82) is 0 Å². The van der Waals surface area contributed by atoms with Crippen molar-refractivity contribution in [2.45, 2.75) is 25.2 Å². The normalized spacial score (nSPS) is 17.0. The molecule has 4 aromatic carbocycles. The van der Waals surface area contributed by atoms with Gasteiger partial charge in [0.15, 0.2) is 11.6 Å². The number of fused-ring (bicyclic) bond motifs is 7. The SMILES string of the molecule is O=C(O)[C@H]1Cc2cc(ccc2OCc2ccnc(-c3ccccc3OO)n2)OC[C@@H](CN2CCN(O)CC2)Oc2ccc(cc2Cl)-c2c(-c3ccc(F)cc3)c(Cl)n3ccnc(c23)O1. The lowest BCUT2D eigenvalue weighted by Crippen LogP contribution is -2.49. The number of aromatic nitrogens is 4. The molecule has 1 saturated heterocycles. The van der Waals surface area contributed by atoms with Gasteiger partial charge in [0.25, 0.3) is 0 Å². The molecule has 15 nitrogen and oxygen atoms in total. The van der Waals surface area contributed by atoms with Gasteiger partial charge in [-0.15, -0.1) is 0 Å². The molecule has 0 spiro atoms. The summed E-state index contributed by atoms with van der Waals surface area (Å²) >= 11 is 14.2. The van der Waals surface area contributed by atoms with Crippen LogP contribution in [0, 0.1) is 5.82 Å². The van der Waals surface area contributed by atoms with Crippen molar-refractivity contribution in [3.05, 3.63) is 137 Å². The molecule has 1 fully saturated rings. The van der Waals surface area contributed by atoms with E-state index in [1.807, 2.05) is 0 Å². The molecule has 18 heteroatoms. The quantitative estimate of drug-likeness (QED) is 0.0934. The van der Waals surface area contributed by atoms with Crippen LogP contribution in [-0.4, -0.2) is 102 Å². The number of hydrogen-bond donors (Lipinski definition) is 3. The van der Waals surface area contributed by atoms with E-state index in [4.69, 9.17) is 42.1 Å². The van der Waals surface area contributed by atoms with Crippen LogP contribution in [0.15, 0.2) is 110 Å². The number of aliphatic carboxylic acids is 1. The van der Waals surface area contributed by atoms with Crippen LogP contribution in [0.1, 0.15) is 11.3 Å². The molecule has 7 aromatic rings. The molecule has 3 aliphatic rings. The summed E-state index contributed by atoms with van der Waals surface area (Å²) in [6, 6.07) is 24.6. The number of hydroxylamine groups is 2. The van der Waals surface area contributed by atoms with Crippen LogP contribution in [0.2, 0.25) is 10.2 Å². The number of piperazine rings is 1. The number of benzene rings is 4. The standard InChI is InChI=1S/C46H39Cl2FN6O9/c47-35-22-28-7-11-38(35)62-33(24-53-17-19-54(58)20-18-53)26-60-32-10-12-36(61-25-31-13-14-50-44(52-31)34-3-1-2-4-37(34)64-59)29(21-32)23-39(46(56)57)63-45-42-40(28)41(27-5-8-30(49)9-6-27)43(48)55(42)16-15-51-45/h1-16,21-22,33,39,58-59H,17-20,23-26H2,(H,56,57)/t33-,39-/m1/s1. The fourth-order valence-corrected chi connectivity index (χ4v) is 8.36. The number of para-hydroxylation sites is 1. The number of halogens is 3. The third-order valence-electron chi connectivity index (χ3n) is 10.9. The highest BCUT2D eigenvalue weighted by Gasteiger charge is 2.30. The van der Waals surface area contributed by atoms with Gasteiger partial charge in [-0.05, 0) is 71.8 Å². The number of nitrogens with zero attached hydrogens (tertiary/aromatic N) is 6. The average molecular weight is 910 g/mol. The second-order valence-electron chi connectivity index (χ2n) is 15.1. The lowest BCUT2D eigenvalue weighted by atomic mass is 9.97. The highest BCUT2D eigenvalue weighted by atomic mass is 35.5. The number of carboxylic acids is 1. The van der Waals surface area contributed by atoms with E-state index in [1.54, 1.807) is 95.7 Å². The number of carboxylic acid groups (broad SMARTS) is 1. The molecule has 0 aliphatic carbocycles.